The third-order valence-electron chi connectivity index (χ3n) is 5.39. The lowest BCUT2D eigenvalue weighted by atomic mass is 10.2. The molecule has 0 unspecified atom stereocenters. The second-order valence-electron chi connectivity index (χ2n) is 7.12. The van der Waals surface area contributed by atoms with E-state index in [2.05, 4.69) is 38.9 Å². The molecule has 1 N–H and O–H groups in total. The van der Waals surface area contributed by atoms with Gasteiger partial charge in [-0.3, -0.25) is 10.1 Å². The Hall–Kier alpha value is -2.91. The minimum Gasteiger partial charge on any atom is -0.479 e. The van der Waals surface area contributed by atoms with E-state index in [4.69, 9.17) is 9.47 Å². The molecule has 164 valence electrons. The lowest BCUT2D eigenvalue weighted by Crippen LogP contribution is -2.36. The summed E-state index contributed by atoms with van der Waals surface area (Å²) in [4.78, 5) is 26.3. The van der Waals surface area contributed by atoms with Crippen LogP contribution in [0.3, 0.4) is 0 Å². The van der Waals surface area contributed by atoms with Crippen molar-refractivity contribution in [2.45, 2.75) is 13.8 Å². The Morgan fingerprint density at radius 2 is 1.94 bits per heavy atom. The van der Waals surface area contributed by atoms with Crippen LogP contribution in [0.2, 0.25) is 0 Å². The number of nitrogens with one attached hydrogen (secondary N) is 1. The molecular weight excluding hydrogens is 414 g/mol. The van der Waals surface area contributed by atoms with Gasteiger partial charge in [-0.05, 0) is 38.1 Å². The zero-order valence-electron chi connectivity index (χ0n) is 18.1. The van der Waals surface area contributed by atoms with Gasteiger partial charge in [-0.25, -0.2) is 9.97 Å². The Bertz CT molecular complexity index is 1040. The number of thiazole rings is 1. The fourth-order valence-corrected chi connectivity index (χ4v) is 4.68. The minimum atomic E-state index is -0.190. The number of anilines is 3. The second-order valence-corrected chi connectivity index (χ2v) is 8.12. The number of amides is 1. The number of benzene rings is 1. The number of carbonyl (C=O) groups excluding carboxylic acids is 1. The Balaban J connectivity index is 1.58. The first-order valence-corrected chi connectivity index (χ1v) is 11.3. The van der Waals surface area contributed by atoms with E-state index in [0.717, 1.165) is 42.3 Å². The number of morpholine rings is 1. The first-order chi connectivity index (χ1) is 15.1. The number of hydrogen-bond donors (Lipinski definition) is 1. The largest absolute Gasteiger partial charge is 0.479 e. The van der Waals surface area contributed by atoms with Gasteiger partial charge in [0, 0.05) is 37.4 Å². The van der Waals surface area contributed by atoms with Gasteiger partial charge in [0.2, 0.25) is 5.88 Å². The third kappa shape index (κ3) is 4.42. The van der Waals surface area contributed by atoms with Crippen LogP contribution in [0.15, 0.2) is 30.5 Å². The fourth-order valence-electron chi connectivity index (χ4n) is 3.69. The summed E-state index contributed by atoms with van der Waals surface area (Å²) in [5.74, 6) is 0.261. The van der Waals surface area contributed by atoms with Crippen molar-refractivity contribution in [3.63, 3.8) is 0 Å². The molecule has 0 radical (unpaired) electrons. The lowest BCUT2D eigenvalue weighted by molar-refractivity contribution is 0.102. The number of aromatic nitrogens is 2. The van der Waals surface area contributed by atoms with Crippen LogP contribution in [0.5, 0.6) is 5.88 Å². The summed E-state index contributed by atoms with van der Waals surface area (Å²) in [5, 5.41) is 3.46. The van der Waals surface area contributed by atoms with E-state index in [1.165, 1.54) is 11.3 Å². The summed E-state index contributed by atoms with van der Waals surface area (Å²) in [6, 6.07) is 7.64. The van der Waals surface area contributed by atoms with Crippen molar-refractivity contribution >= 4 is 44.0 Å². The molecule has 9 heteroatoms. The molecule has 8 nitrogen and oxygen atoms in total. The van der Waals surface area contributed by atoms with Crippen LogP contribution in [0.25, 0.3) is 10.2 Å². The molecule has 0 spiro atoms. The number of rotatable bonds is 7. The number of fused-ring (bicyclic) bond motifs is 1. The fraction of sp³-hybridized carbons (Fsp3) is 0.409. The highest BCUT2D eigenvalue weighted by Crippen LogP contribution is 2.38. The van der Waals surface area contributed by atoms with Crippen LogP contribution in [-0.4, -0.2) is 62.4 Å². The second kappa shape index (κ2) is 9.49. The molecule has 1 fully saturated rings. The average Bonchev–Trinajstić information content (AvgIpc) is 3.23. The maximum absolute atomic E-state index is 12.8. The van der Waals surface area contributed by atoms with Crippen LogP contribution in [0.1, 0.15) is 24.2 Å². The van der Waals surface area contributed by atoms with Gasteiger partial charge in [-0.1, -0.05) is 11.3 Å². The van der Waals surface area contributed by atoms with Gasteiger partial charge in [0.1, 0.15) is 5.52 Å². The highest BCUT2D eigenvalue weighted by atomic mass is 32.1. The molecule has 1 amide bonds. The topological polar surface area (TPSA) is 79.8 Å². The van der Waals surface area contributed by atoms with E-state index in [-0.39, 0.29) is 5.91 Å². The number of carbonyl (C=O) groups is 1. The lowest BCUT2D eigenvalue weighted by Gasteiger charge is -2.28. The summed E-state index contributed by atoms with van der Waals surface area (Å²) in [7, 11) is 1.57. The normalized spacial score (nSPS) is 14.0. The number of hydrogen-bond acceptors (Lipinski definition) is 8. The van der Waals surface area contributed by atoms with Crippen molar-refractivity contribution in [1.82, 2.24) is 9.97 Å². The van der Waals surface area contributed by atoms with Crippen molar-refractivity contribution in [1.29, 1.82) is 0 Å². The molecule has 31 heavy (non-hydrogen) atoms. The van der Waals surface area contributed by atoms with E-state index in [9.17, 15) is 4.79 Å². The molecule has 0 bridgehead atoms. The monoisotopic (exact) mass is 441 g/mol. The quantitative estimate of drug-likeness (QED) is 0.600. The predicted molar refractivity (Wildman–Crippen MR) is 125 cm³/mol. The van der Waals surface area contributed by atoms with Gasteiger partial charge in [-0.15, -0.1) is 0 Å². The van der Waals surface area contributed by atoms with E-state index in [1.54, 1.807) is 7.11 Å². The van der Waals surface area contributed by atoms with Crippen LogP contribution in [0, 0.1) is 0 Å². The van der Waals surface area contributed by atoms with Crippen molar-refractivity contribution in [3.8, 4) is 5.88 Å². The molecule has 2 aromatic heterocycles. The molecule has 4 rings (SSSR count). The first-order valence-electron chi connectivity index (χ1n) is 10.5. The van der Waals surface area contributed by atoms with Crippen LogP contribution in [0.4, 0.5) is 16.5 Å². The average molecular weight is 442 g/mol. The number of nitrogens with zero attached hydrogens (tertiary/aromatic N) is 4. The van der Waals surface area contributed by atoms with Gasteiger partial charge in [0.15, 0.2) is 5.13 Å². The highest BCUT2D eigenvalue weighted by Gasteiger charge is 2.21. The standard InChI is InChI=1S/C22H27N5O3S/c1-4-26(5-2)16-8-6-15(7-9-16)20(28)25-22-24-18-19(31-22)17(14-23-21(18)29-3)27-10-12-30-13-11-27/h6-9,14H,4-5,10-13H2,1-3H3,(H,24,25,28). The number of ether oxygens (including phenoxy) is 2. The molecule has 1 saturated heterocycles. The zero-order valence-corrected chi connectivity index (χ0v) is 18.9. The highest BCUT2D eigenvalue weighted by molar-refractivity contribution is 7.23. The maximum Gasteiger partial charge on any atom is 0.257 e. The molecule has 1 aliphatic heterocycles. The Morgan fingerprint density at radius 3 is 2.58 bits per heavy atom. The van der Waals surface area contributed by atoms with Gasteiger partial charge in [0.05, 0.1) is 36.9 Å². The molecule has 1 aromatic carbocycles. The van der Waals surface area contributed by atoms with Gasteiger partial charge in [0.25, 0.3) is 5.91 Å². The first kappa shape index (κ1) is 21.3. The van der Waals surface area contributed by atoms with Crippen LogP contribution >= 0.6 is 11.3 Å². The van der Waals surface area contributed by atoms with E-state index in [1.807, 2.05) is 30.5 Å². The molecular formula is C22H27N5O3S. The van der Waals surface area contributed by atoms with Crippen molar-refractivity contribution in [2.75, 3.05) is 61.6 Å². The summed E-state index contributed by atoms with van der Waals surface area (Å²) in [5.41, 5.74) is 3.34. The van der Waals surface area contributed by atoms with Gasteiger partial charge in [-0.2, -0.15) is 0 Å². The molecule has 3 heterocycles. The van der Waals surface area contributed by atoms with Gasteiger partial charge < -0.3 is 19.3 Å². The van der Waals surface area contributed by atoms with Crippen LogP contribution in [-0.2, 0) is 4.74 Å². The summed E-state index contributed by atoms with van der Waals surface area (Å²) >= 11 is 1.43. The predicted octanol–water partition coefficient (Wildman–Crippen LogP) is 3.64. The molecule has 1 aliphatic rings. The maximum atomic E-state index is 12.8. The van der Waals surface area contributed by atoms with Crippen molar-refractivity contribution in [3.05, 3.63) is 36.0 Å². The molecule has 0 atom stereocenters. The SMILES string of the molecule is CCN(CC)c1ccc(C(=O)Nc2nc3c(OC)ncc(N4CCOCC4)c3s2)cc1. The van der Waals surface area contributed by atoms with Crippen molar-refractivity contribution < 1.29 is 14.3 Å². The summed E-state index contributed by atoms with van der Waals surface area (Å²) in [6.07, 6.45) is 1.81. The smallest absolute Gasteiger partial charge is 0.257 e. The molecule has 3 aromatic rings. The summed E-state index contributed by atoms with van der Waals surface area (Å²) < 4.78 is 11.8. The minimum absolute atomic E-state index is 0.190. The molecule has 0 saturated carbocycles. The Kier molecular flexibility index (Phi) is 6.53. The summed E-state index contributed by atoms with van der Waals surface area (Å²) in [6.45, 7) is 9.03. The van der Waals surface area contributed by atoms with E-state index >= 15 is 0 Å². The third-order valence-corrected chi connectivity index (χ3v) is 6.38. The van der Waals surface area contributed by atoms with Gasteiger partial charge >= 0.3 is 0 Å². The zero-order chi connectivity index (χ0) is 21.8. The van der Waals surface area contributed by atoms with Crippen molar-refractivity contribution in [2.24, 2.45) is 0 Å². The Labute approximate surface area is 185 Å². The molecule has 0 aliphatic carbocycles. The van der Waals surface area contributed by atoms with E-state index in [0.29, 0.717) is 35.3 Å². The number of pyridine rings is 1. The number of methoxy groups -OCH3 is 1. The van der Waals surface area contributed by atoms with E-state index < -0.39 is 0 Å². The van der Waals surface area contributed by atoms with Crippen LogP contribution < -0.4 is 19.9 Å². The Morgan fingerprint density at radius 1 is 1.23 bits per heavy atom.